The van der Waals surface area contributed by atoms with E-state index in [1.54, 1.807) is 12.4 Å². The van der Waals surface area contributed by atoms with Crippen molar-refractivity contribution in [2.24, 2.45) is 0 Å². The highest BCUT2D eigenvalue weighted by Gasteiger charge is 2.18. The second-order valence-electron chi connectivity index (χ2n) is 9.63. The highest BCUT2D eigenvalue weighted by atomic mass is 16.3. The third-order valence-electron chi connectivity index (χ3n) is 7.09. The van der Waals surface area contributed by atoms with Crippen molar-refractivity contribution in [1.82, 2.24) is 29.9 Å². The van der Waals surface area contributed by atoms with Gasteiger partial charge in [0.1, 0.15) is 16.9 Å². The van der Waals surface area contributed by atoms with Crippen LogP contribution in [0.25, 0.3) is 78.5 Å². The van der Waals surface area contributed by atoms with Crippen LogP contribution in [-0.4, -0.2) is 29.9 Å². The first kappa shape index (κ1) is 23.1. The minimum atomic E-state index is 0.486. The van der Waals surface area contributed by atoms with E-state index in [0.29, 0.717) is 34.8 Å². The second kappa shape index (κ2) is 9.43. The predicted molar refractivity (Wildman–Crippen MR) is 160 cm³/mol. The zero-order valence-corrected chi connectivity index (χ0v) is 21.6. The highest BCUT2D eigenvalue weighted by molar-refractivity contribution is 5.95. The van der Waals surface area contributed by atoms with Crippen LogP contribution in [0.2, 0.25) is 0 Å². The summed E-state index contributed by atoms with van der Waals surface area (Å²) in [5, 5.41) is 4.06. The van der Waals surface area contributed by atoms with E-state index < -0.39 is 0 Å². The van der Waals surface area contributed by atoms with E-state index in [1.165, 1.54) is 0 Å². The molecule has 0 atom stereocenters. The molecule has 0 fully saturated rings. The molecule has 7 heteroatoms. The predicted octanol–water partition coefficient (Wildman–Crippen LogP) is 7.78. The maximum absolute atomic E-state index is 5.97. The van der Waals surface area contributed by atoms with Crippen LogP contribution >= 0.6 is 0 Å². The van der Waals surface area contributed by atoms with Crippen molar-refractivity contribution in [3.8, 4) is 45.9 Å². The minimum absolute atomic E-state index is 0.486. The summed E-state index contributed by atoms with van der Waals surface area (Å²) in [6, 6.07) is 35.8. The highest BCUT2D eigenvalue weighted by Crippen LogP contribution is 2.31. The van der Waals surface area contributed by atoms with Gasteiger partial charge in [-0.1, -0.05) is 72.8 Å². The molecule has 7 nitrogen and oxygen atoms in total. The standard InChI is InChI=1S/C34H20N6O/c1-3-9-25-21(7-1)17-19-35-29(25)32-38-31(39-33(40-32)30-26-10-4-2-8-22(26)18-20-36-30)23-13-15-24(16-14-23)34-37-27-11-5-6-12-28(27)41-34/h1-20H. The molecule has 0 bridgehead atoms. The third kappa shape index (κ3) is 4.08. The number of hydrogen-bond donors (Lipinski definition) is 0. The van der Waals surface area contributed by atoms with E-state index in [2.05, 4.69) is 27.1 Å². The van der Waals surface area contributed by atoms with E-state index in [4.69, 9.17) is 19.4 Å². The van der Waals surface area contributed by atoms with Gasteiger partial charge in [0.2, 0.25) is 5.89 Å². The normalized spacial score (nSPS) is 11.4. The molecule has 0 saturated carbocycles. The summed E-state index contributed by atoms with van der Waals surface area (Å²) in [4.78, 5) is 28.8. The van der Waals surface area contributed by atoms with Crippen LogP contribution in [0, 0.1) is 0 Å². The number of hydrogen-bond acceptors (Lipinski definition) is 7. The molecule has 0 unspecified atom stereocenters. The average molecular weight is 529 g/mol. The summed E-state index contributed by atoms with van der Waals surface area (Å²) in [7, 11) is 0. The zero-order valence-electron chi connectivity index (χ0n) is 21.6. The van der Waals surface area contributed by atoms with Crippen LogP contribution in [-0.2, 0) is 0 Å². The fraction of sp³-hybridized carbons (Fsp3) is 0. The molecule has 4 aromatic carbocycles. The fourth-order valence-electron chi connectivity index (χ4n) is 5.07. The number of aromatic nitrogens is 6. The number of pyridine rings is 2. The lowest BCUT2D eigenvalue weighted by Gasteiger charge is -2.10. The SMILES string of the molecule is c1ccc2c(-c3nc(-c4ccc(-c5nc6ccccc6o5)cc4)nc(-c4nccc5ccccc45)n3)nccc2c1. The Morgan fingerprint density at radius 3 is 1.61 bits per heavy atom. The van der Waals surface area contributed by atoms with Crippen LogP contribution in [0.5, 0.6) is 0 Å². The molecule has 0 spiro atoms. The van der Waals surface area contributed by atoms with Gasteiger partial charge in [0, 0.05) is 34.3 Å². The molecular formula is C34H20N6O. The van der Waals surface area contributed by atoms with Crippen molar-refractivity contribution < 1.29 is 4.42 Å². The number of oxazole rings is 1. The Morgan fingerprint density at radius 1 is 0.439 bits per heavy atom. The first-order valence-corrected chi connectivity index (χ1v) is 13.2. The number of rotatable bonds is 4. The van der Waals surface area contributed by atoms with Gasteiger partial charge in [-0.2, -0.15) is 0 Å². The van der Waals surface area contributed by atoms with Crippen molar-refractivity contribution in [2.75, 3.05) is 0 Å². The molecule has 41 heavy (non-hydrogen) atoms. The zero-order chi connectivity index (χ0) is 27.2. The van der Waals surface area contributed by atoms with E-state index in [-0.39, 0.29) is 0 Å². The molecule has 0 aliphatic rings. The van der Waals surface area contributed by atoms with Gasteiger partial charge in [-0.3, -0.25) is 9.97 Å². The van der Waals surface area contributed by atoms with Crippen molar-refractivity contribution in [1.29, 1.82) is 0 Å². The number of benzene rings is 4. The second-order valence-corrected chi connectivity index (χ2v) is 9.63. The van der Waals surface area contributed by atoms with Gasteiger partial charge in [0.15, 0.2) is 23.1 Å². The molecule has 0 aliphatic carbocycles. The summed E-state index contributed by atoms with van der Waals surface area (Å²) in [6.07, 6.45) is 3.57. The smallest absolute Gasteiger partial charge is 0.227 e. The van der Waals surface area contributed by atoms with Gasteiger partial charge in [-0.15, -0.1) is 0 Å². The molecule has 0 radical (unpaired) electrons. The van der Waals surface area contributed by atoms with E-state index in [9.17, 15) is 0 Å². The summed E-state index contributed by atoms with van der Waals surface area (Å²) in [5.41, 5.74) is 4.65. The molecule has 0 aliphatic heterocycles. The molecule has 0 N–H and O–H groups in total. The lowest BCUT2D eigenvalue weighted by Crippen LogP contribution is -2.02. The van der Waals surface area contributed by atoms with E-state index in [0.717, 1.165) is 43.8 Å². The van der Waals surface area contributed by atoms with Crippen molar-refractivity contribution in [3.05, 3.63) is 122 Å². The Kier molecular flexibility index (Phi) is 5.31. The minimum Gasteiger partial charge on any atom is -0.436 e. The van der Waals surface area contributed by atoms with Crippen LogP contribution in [0.1, 0.15) is 0 Å². The van der Waals surface area contributed by atoms with Gasteiger partial charge in [0.25, 0.3) is 0 Å². The summed E-state index contributed by atoms with van der Waals surface area (Å²) in [6.45, 7) is 0. The van der Waals surface area contributed by atoms with Crippen LogP contribution in [0.15, 0.2) is 126 Å². The van der Waals surface area contributed by atoms with Crippen molar-refractivity contribution in [3.63, 3.8) is 0 Å². The maximum atomic E-state index is 5.97. The number of para-hydroxylation sites is 2. The van der Waals surface area contributed by atoms with Crippen LogP contribution in [0.4, 0.5) is 0 Å². The van der Waals surface area contributed by atoms with Gasteiger partial charge in [-0.25, -0.2) is 19.9 Å². The summed E-state index contributed by atoms with van der Waals surface area (Å²) < 4.78 is 5.97. The molecule has 0 amide bonds. The Bertz CT molecular complexity index is 2080. The largest absolute Gasteiger partial charge is 0.436 e. The topological polar surface area (TPSA) is 90.5 Å². The monoisotopic (exact) mass is 528 g/mol. The molecule has 8 aromatic rings. The molecule has 4 heterocycles. The first-order valence-electron chi connectivity index (χ1n) is 13.2. The lowest BCUT2D eigenvalue weighted by atomic mass is 10.1. The van der Waals surface area contributed by atoms with Gasteiger partial charge in [-0.05, 0) is 47.2 Å². The van der Waals surface area contributed by atoms with E-state index in [1.807, 2.05) is 97.1 Å². The van der Waals surface area contributed by atoms with E-state index >= 15 is 0 Å². The number of nitrogens with zero attached hydrogens (tertiary/aromatic N) is 6. The van der Waals surface area contributed by atoms with Crippen LogP contribution < -0.4 is 0 Å². The molecule has 4 aromatic heterocycles. The van der Waals surface area contributed by atoms with Gasteiger partial charge >= 0.3 is 0 Å². The summed E-state index contributed by atoms with van der Waals surface area (Å²) >= 11 is 0. The third-order valence-corrected chi connectivity index (χ3v) is 7.09. The maximum Gasteiger partial charge on any atom is 0.227 e. The summed E-state index contributed by atoms with van der Waals surface area (Å²) in [5.74, 6) is 2.06. The van der Waals surface area contributed by atoms with Gasteiger partial charge in [0.05, 0.1) is 0 Å². The lowest BCUT2D eigenvalue weighted by molar-refractivity contribution is 0.620. The Morgan fingerprint density at radius 2 is 0.976 bits per heavy atom. The molecule has 192 valence electrons. The quantitative estimate of drug-likeness (QED) is 0.230. The average Bonchev–Trinajstić information content (AvgIpc) is 3.49. The number of fused-ring (bicyclic) bond motifs is 3. The molecular weight excluding hydrogens is 508 g/mol. The Hall–Kier alpha value is -5.82. The van der Waals surface area contributed by atoms with Crippen LogP contribution in [0.3, 0.4) is 0 Å². The van der Waals surface area contributed by atoms with Crippen molar-refractivity contribution in [2.45, 2.75) is 0 Å². The molecule has 0 saturated heterocycles. The first-order chi connectivity index (χ1) is 20.3. The van der Waals surface area contributed by atoms with Gasteiger partial charge < -0.3 is 4.42 Å². The van der Waals surface area contributed by atoms with Crippen molar-refractivity contribution >= 4 is 32.6 Å². The molecule has 8 rings (SSSR count). The Balaban J connectivity index is 1.30. The Labute approximate surface area is 234 Å². The fourth-order valence-corrected chi connectivity index (χ4v) is 5.07.